The first-order valence-corrected chi connectivity index (χ1v) is 9.33. The third-order valence-corrected chi connectivity index (χ3v) is 4.77. The summed E-state index contributed by atoms with van der Waals surface area (Å²) in [5.74, 6) is -0.101. The normalized spacial score (nSPS) is 29.5. The van der Waals surface area contributed by atoms with Crippen molar-refractivity contribution in [3.8, 4) is 0 Å². The van der Waals surface area contributed by atoms with E-state index < -0.39 is 0 Å². The second-order valence-corrected chi connectivity index (χ2v) is 7.52. The molecule has 6 nitrogen and oxygen atoms in total. The average molecular weight is 360 g/mol. The van der Waals surface area contributed by atoms with Crippen LogP contribution in [0, 0.1) is 0 Å². The first-order chi connectivity index (χ1) is 12.3. The number of amides is 2. The molecule has 2 aliphatic heterocycles. The van der Waals surface area contributed by atoms with E-state index in [0.29, 0.717) is 37.3 Å². The molecular formula is C20H28N2O4. The number of morpholine rings is 2. The zero-order valence-corrected chi connectivity index (χ0v) is 16.0. The van der Waals surface area contributed by atoms with Crippen molar-refractivity contribution in [3.63, 3.8) is 0 Å². The van der Waals surface area contributed by atoms with Gasteiger partial charge in [0.15, 0.2) is 0 Å². The fourth-order valence-electron chi connectivity index (χ4n) is 3.84. The molecule has 0 radical (unpaired) electrons. The molecule has 26 heavy (non-hydrogen) atoms. The Morgan fingerprint density at radius 1 is 0.769 bits per heavy atom. The lowest BCUT2D eigenvalue weighted by atomic mass is 10.1. The zero-order valence-electron chi connectivity index (χ0n) is 16.0. The van der Waals surface area contributed by atoms with Gasteiger partial charge in [-0.1, -0.05) is 6.07 Å². The molecule has 4 atom stereocenters. The Kier molecular flexibility index (Phi) is 5.63. The molecule has 0 bridgehead atoms. The molecular weight excluding hydrogens is 332 g/mol. The molecule has 2 fully saturated rings. The van der Waals surface area contributed by atoms with Gasteiger partial charge in [0, 0.05) is 37.3 Å². The minimum absolute atomic E-state index is 0.0174. The lowest BCUT2D eigenvalue weighted by Gasteiger charge is -2.36. The van der Waals surface area contributed by atoms with Gasteiger partial charge in [-0.3, -0.25) is 9.59 Å². The van der Waals surface area contributed by atoms with Crippen LogP contribution in [-0.4, -0.2) is 72.2 Å². The first-order valence-electron chi connectivity index (χ1n) is 9.33. The minimum Gasteiger partial charge on any atom is -0.372 e. The molecule has 2 heterocycles. The summed E-state index contributed by atoms with van der Waals surface area (Å²) in [6.07, 6.45) is 0.0698. The number of carbonyl (C=O) groups is 2. The summed E-state index contributed by atoms with van der Waals surface area (Å²) in [6, 6.07) is 7.03. The molecule has 2 saturated heterocycles. The Morgan fingerprint density at radius 2 is 1.12 bits per heavy atom. The van der Waals surface area contributed by atoms with Crippen molar-refractivity contribution in [1.29, 1.82) is 0 Å². The highest BCUT2D eigenvalue weighted by Gasteiger charge is 2.29. The van der Waals surface area contributed by atoms with Crippen molar-refractivity contribution in [2.75, 3.05) is 26.2 Å². The van der Waals surface area contributed by atoms with Crippen LogP contribution >= 0.6 is 0 Å². The smallest absolute Gasteiger partial charge is 0.254 e. The van der Waals surface area contributed by atoms with Gasteiger partial charge in [-0.25, -0.2) is 0 Å². The monoisotopic (exact) mass is 360 g/mol. The molecule has 1 aromatic carbocycles. The van der Waals surface area contributed by atoms with E-state index in [1.54, 1.807) is 34.1 Å². The molecule has 0 unspecified atom stereocenters. The fraction of sp³-hybridized carbons (Fsp3) is 0.600. The van der Waals surface area contributed by atoms with E-state index in [9.17, 15) is 9.59 Å². The van der Waals surface area contributed by atoms with Gasteiger partial charge in [0.25, 0.3) is 11.8 Å². The van der Waals surface area contributed by atoms with Crippen molar-refractivity contribution in [1.82, 2.24) is 9.80 Å². The van der Waals surface area contributed by atoms with Crippen molar-refractivity contribution in [2.24, 2.45) is 0 Å². The van der Waals surface area contributed by atoms with Gasteiger partial charge in [0.05, 0.1) is 24.4 Å². The van der Waals surface area contributed by atoms with Gasteiger partial charge in [0.2, 0.25) is 0 Å². The number of nitrogens with zero attached hydrogens (tertiary/aromatic N) is 2. The molecule has 0 spiro atoms. The standard InChI is InChI=1S/C20H28N2O4/c1-13-9-21(10-14(2)25-13)19(23)17-6-5-7-18(8-17)20(24)22-11-15(3)26-16(4)12-22/h5-8,13-16H,9-12H2,1-4H3/t13-,14+,15-,16+. The maximum Gasteiger partial charge on any atom is 0.254 e. The Balaban J connectivity index is 1.75. The summed E-state index contributed by atoms with van der Waals surface area (Å²) in [4.78, 5) is 29.4. The lowest BCUT2D eigenvalue weighted by Crippen LogP contribution is -2.48. The van der Waals surface area contributed by atoms with Crippen LogP contribution < -0.4 is 0 Å². The molecule has 0 aromatic heterocycles. The largest absolute Gasteiger partial charge is 0.372 e. The molecule has 0 aliphatic carbocycles. The Bertz CT molecular complexity index is 604. The number of rotatable bonds is 2. The maximum atomic E-state index is 12.9. The highest BCUT2D eigenvalue weighted by Crippen LogP contribution is 2.18. The summed E-state index contributed by atoms with van der Waals surface area (Å²) in [7, 11) is 0. The van der Waals surface area contributed by atoms with Crippen LogP contribution in [0.5, 0.6) is 0 Å². The van der Waals surface area contributed by atoms with Gasteiger partial charge in [-0.2, -0.15) is 0 Å². The van der Waals surface area contributed by atoms with Crippen LogP contribution in [0.1, 0.15) is 48.4 Å². The molecule has 2 amide bonds. The highest BCUT2D eigenvalue weighted by molar-refractivity contribution is 5.99. The number of benzene rings is 1. The quantitative estimate of drug-likeness (QED) is 0.811. The molecule has 2 aliphatic rings. The summed E-state index contributed by atoms with van der Waals surface area (Å²) < 4.78 is 11.4. The topological polar surface area (TPSA) is 59.1 Å². The molecule has 142 valence electrons. The molecule has 0 N–H and O–H groups in total. The Hall–Kier alpha value is -1.92. The number of ether oxygens (including phenoxy) is 2. The third-order valence-electron chi connectivity index (χ3n) is 4.77. The SMILES string of the molecule is C[C@@H]1CN(C(=O)c2cccc(C(=O)N3C[C@@H](C)O[C@@H](C)C3)c2)C[C@H](C)O1. The lowest BCUT2D eigenvalue weighted by molar-refractivity contribution is -0.0588. The third kappa shape index (κ3) is 4.24. The van der Waals surface area contributed by atoms with Crippen LogP contribution in [0.2, 0.25) is 0 Å². The van der Waals surface area contributed by atoms with Crippen LogP contribution in [0.4, 0.5) is 0 Å². The van der Waals surface area contributed by atoms with Crippen molar-refractivity contribution in [2.45, 2.75) is 52.1 Å². The summed E-state index contributed by atoms with van der Waals surface area (Å²) in [6.45, 7) is 10.2. The first kappa shape index (κ1) is 18.9. The summed E-state index contributed by atoms with van der Waals surface area (Å²) >= 11 is 0. The zero-order chi connectivity index (χ0) is 18.8. The van der Waals surface area contributed by atoms with Gasteiger partial charge in [-0.05, 0) is 45.9 Å². The van der Waals surface area contributed by atoms with Crippen LogP contribution in [-0.2, 0) is 9.47 Å². The number of hydrogen-bond donors (Lipinski definition) is 0. The van der Waals surface area contributed by atoms with E-state index in [1.165, 1.54) is 0 Å². The van der Waals surface area contributed by atoms with E-state index in [0.717, 1.165) is 0 Å². The van der Waals surface area contributed by atoms with Crippen LogP contribution in [0.3, 0.4) is 0 Å². The van der Waals surface area contributed by atoms with E-state index in [2.05, 4.69) is 0 Å². The van der Waals surface area contributed by atoms with Crippen LogP contribution in [0.25, 0.3) is 0 Å². The van der Waals surface area contributed by atoms with E-state index in [-0.39, 0.29) is 36.2 Å². The Labute approximate surface area is 155 Å². The molecule has 6 heteroatoms. The number of hydrogen-bond acceptors (Lipinski definition) is 4. The predicted molar refractivity (Wildman–Crippen MR) is 98.3 cm³/mol. The van der Waals surface area contributed by atoms with Gasteiger partial charge in [-0.15, -0.1) is 0 Å². The summed E-state index contributed by atoms with van der Waals surface area (Å²) in [5.41, 5.74) is 1.10. The second-order valence-electron chi connectivity index (χ2n) is 7.52. The van der Waals surface area contributed by atoms with Crippen molar-refractivity contribution >= 4 is 11.8 Å². The predicted octanol–water partition coefficient (Wildman–Crippen LogP) is 2.19. The fourth-order valence-corrected chi connectivity index (χ4v) is 3.84. The molecule has 1 aromatic rings. The second kappa shape index (κ2) is 7.76. The highest BCUT2D eigenvalue weighted by atomic mass is 16.5. The molecule has 3 rings (SSSR count). The number of carbonyl (C=O) groups excluding carboxylic acids is 2. The van der Waals surface area contributed by atoms with Gasteiger partial charge in [0.1, 0.15) is 0 Å². The van der Waals surface area contributed by atoms with Gasteiger partial charge < -0.3 is 19.3 Å². The van der Waals surface area contributed by atoms with E-state index in [4.69, 9.17) is 9.47 Å². The maximum absolute atomic E-state index is 12.9. The summed E-state index contributed by atoms with van der Waals surface area (Å²) in [5, 5.41) is 0. The minimum atomic E-state index is -0.0506. The van der Waals surface area contributed by atoms with Gasteiger partial charge >= 0.3 is 0 Å². The Morgan fingerprint density at radius 3 is 1.46 bits per heavy atom. The van der Waals surface area contributed by atoms with Crippen molar-refractivity contribution < 1.29 is 19.1 Å². The van der Waals surface area contributed by atoms with Crippen LogP contribution in [0.15, 0.2) is 24.3 Å². The van der Waals surface area contributed by atoms with E-state index >= 15 is 0 Å². The van der Waals surface area contributed by atoms with Crippen molar-refractivity contribution in [3.05, 3.63) is 35.4 Å². The van der Waals surface area contributed by atoms with E-state index in [1.807, 2.05) is 27.7 Å². The average Bonchev–Trinajstić information content (AvgIpc) is 2.59. The molecule has 0 saturated carbocycles.